The van der Waals surface area contributed by atoms with Crippen LogP contribution < -0.4 is 5.32 Å². The van der Waals surface area contributed by atoms with Gasteiger partial charge in [-0.25, -0.2) is 4.79 Å². The van der Waals surface area contributed by atoms with Crippen LogP contribution in [0.4, 0.5) is 5.69 Å². The molecule has 0 unspecified atom stereocenters. The summed E-state index contributed by atoms with van der Waals surface area (Å²) in [5, 5.41) is 2.80. The van der Waals surface area contributed by atoms with Crippen LogP contribution in [0.15, 0.2) is 48.5 Å². The SMILES string of the molecule is CCCCOC(=O)c1cccc(NC(=O)c2cccc(C)c2)c1. The van der Waals surface area contributed by atoms with Crippen molar-refractivity contribution in [1.82, 2.24) is 0 Å². The molecule has 0 radical (unpaired) electrons. The lowest BCUT2D eigenvalue weighted by Crippen LogP contribution is -2.13. The van der Waals surface area contributed by atoms with Gasteiger partial charge in [0.25, 0.3) is 5.91 Å². The molecule has 2 rings (SSSR count). The van der Waals surface area contributed by atoms with E-state index in [0.29, 0.717) is 23.4 Å². The fourth-order valence-electron chi connectivity index (χ4n) is 2.11. The number of rotatable bonds is 6. The molecule has 0 aromatic heterocycles. The number of carbonyl (C=O) groups is 2. The molecule has 0 saturated heterocycles. The van der Waals surface area contributed by atoms with Crippen molar-refractivity contribution in [1.29, 1.82) is 0 Å². The van der Waals surface area contributed by atoms with E-state index in [0.717, 1.165) is 18.4 Å². The molecule has 4 heteroatoms. The average Bonchev–Trinajstić information content (AvgIpc) is 2.55. The zero-order valence-electron chi connectivity index (χ0n) is 13.5. The summed E-state index contributed by atoms with van der Waals surface area (Å²) in [6.07, 6.45) is 1.81. The number of benzene rings is 2. The van der Waals surface area contributed by atoms with Gasteiger partial charge in [0.05, 0.1) is 12.2 Å². The number of carbonyl (C=O) groups excluding carboxylic acids is 2. The normalized spacial score (nSPS) is 10.2. The Morgan fingerprint density at radius 1 is 1.04 bits per heavy atom. The van der Waals surface area contributed by atoms with E-state index in [-0.39, 0.29) is 11.9 Å². The number of amides is 1. The summed E-state index contributed by atoms with van der Waals surface area (Å²) >= 11 is 0. The van der Waals surface area contributed by atoms with E-state index in [1.807, 2.05) is 32.0 Å². The van der Waals surface area contributed by atoms with E-state index >= 15 is 0 Å². The number of unbranched alkanes of at least 4 members (excludes halogenated alkanes) is 1. The van der Waals surface area contributed by atoms with Crippen LogP contribution in [0, 0.1) is 6.92 Å². The first-order valence-electron chi connectivity index (χ1n) is 7.75. The Kier molecular flexibility index (Phi) is 5.92. The number of hydrogen-bond donors (Lipinski definition) is 1. The van der Waals surface area contributed by atoms with Crippen LogP contribution in [0.2, 0.25) is 0 Å². The summed E-state index contributed by atoms with van der Waals surface area (Å²) in [7, 11) is 0. The fourth-order valence-corrected chi connectivity index (χ4v) is 2.11. The highest BCUT2D eigenvalue weighted by atomic mass is 16.5. The number of esters is 1. The largest absolute Gasteiger partial charge is 0.462 e. The van der Waals surface area contributed by atoms with E-state index in [1.165, 1.54) is 0 Å². The van der Waals surface area contributed by atoms with Crippen LogP contribution in [-0.4, -0.2) is 18.5 Å². The van der Waals surface area contributed by atoms with Gasteiger partial charge in [-0.05, 0) is 43.7 Å². The summed E-state index contributed by atoms with van der Waals surface area (Å²) in [6, 6.07) is 14.1. The van der Waals surface area contributed by atoms with Crippen molar-refractivity contribution in [2.75, 3.05) is 11.9 Å². The Balaban J connectivity index is 2.05. The second-order valence-electron chi connectivity index (χ2n) is 5.39. The van der Waals surface area contributed by atoms with Crippen molar-refractivity contribution in [3.05, 3.63) is 65.2 Å². The molecule has 2 aromatic rings. The smallest absolute Gasteiger partial charge is 0.338 e. The van der Waals surface area contributed by atoms with E-state index < -0.39 is 0 Å². The minimum Gasteiger partial charge on any atom is -0.462 e. The van der Waals surface area contributed by atoms with Gasteiger partial charge in [0, 0.05) is 11.3 Å². The van der Waals surface area contributed by atoms with Gasteiger partial charge in [-0.2, -0.15) is 0 Å². The second kappa shape index (κ2) is 8.13. The number of anilines is 1. The summed E-state index contributed by atoms with van der Waals surface area (Å²) in [6.45, 7) is 4.38. The van der Waals surface area contributed by atoms with E-state index in [2.05, 4.69) is 5.32 Å². The summed E-state index contributed by atoms with van der Waals surface area (Å²) in [5.74, 6) is -0.574. The number of aryl methyl sites for hydroxylation is 1. The molecule has 0 spiro atoms. The molecule has 0 saturated carbocycles. The van der Waals surface area contributed by atoms with Gasteiger partial charge in [0.2, 0.25) is 0 Å². The maximum absolute atomic E-state index is 12.2. The van der Waals surface area contributed by atoms with E-state index in [4.69, 9.17) is 4.74 Å². The minimum atomic E-state index is -0.370. The van der Waals surface area contributed by atoms with Gasteiger partial charge < -0.3 is 10.1 Å². The van der Waals surface area contributed by atoms with Crippen LogP contribution >= 0.6 is 0 Å². The molecule has 0 fully saturated rings. The van der Waals surface area contributed by atoms with Gasteiger partial charge in [-0.1, -0.05) is 37.1 Å². The molecular formula is C19H21NO3. The van der Waals surface area contributed by atoms with Crippen LogP contribution in [0.5, 0.6) is 0 Å². The third-order valence-corrected chi connectivity index (χ3v) is 3.37. The maximum atomic E-state index is 12.2. The standard InChI is InChI=1S/C19H21NO3/c1-3-4-11-23-19(22)16-9-6-10-17(13-16)20-18(21)15-8-5-7-14(2)12-15/h5-10,12-13H,3-4,11H2,1-2H3,(H,20,21). The van der Waals surface area contributed by atoms with Gasteiger partial charge >= 0.3 is 5.97 Å². The molecule has 1 N–H and O–H groups in total. The molecule has 0 heterocycles. The summed E-state index contributed by atoms with van der Waals surface area (Å²) < 4.78 is 5.18. The molecule has 4 nitrogen and oxygen atoms in total. The minimum absolute atomic E-state index is 0.204. The van der Waals surface area contributed by atoms with Crippen LogP contribution in [0.1, 0.15) is 46.0 Å². The van der Waals surface area contributed by atoms with Crippen molar-refractivity contribution in [2.24, 2.45) is 0 Å². The molecule has 0 aliphatic rings. The van der Waals surface area contributed by atoms with Crippen LogP contribution in [-0.2, 0) is 4.74 Å². The average molecular weight is 311 g/mol. The lowest BCUT2D eigenvalue weighted by molar-refractivity contribution is 0.0499. The van der Waals surface area contributed by atoms with Crippen molar-refractivity contribution in [2.45, 2.75) is 26.7 Å². The third kappa shape index (κ3) is 4.95. The first-order valence-corrected chi connectivity index (χ1v) is 7.75. The molecular weight excluding hydrogens is 290 g/mol. The molecule has 0 aliphatic heterocycles. The first-order chi connectivity index (χ1) is 11.1. The highest BCUT2D eigenvalue weighted by Crippen LogP contribution is 2.14. The third-order valence-electron chi connectivity index (χ3n) is 3.37. The van der Waals surface area contributed by atoms with E-state index in [9.17, 15) is 9.59 Å². The Morgan fingerprint density at radius 3 is 2.52 bits per heavy atom. The topological polar surface area (TPSA) is 55.4 Å². The van der Waals surface area contributed by atoms with Crippen molar-refractivity contribution >= 4 is 17.6 Å². The highest BCUT2D eigenvalue weighted by Gasteiger charge is 2.10. The lowest BCUT2D eigenvalue weighted by Gasteiger charge is -2.08. The van der Waals surface area contributed by atoms with Gasteiger partial charge in [0.15, 0.2) is 0 Å². The monoisotopic (exact) mass is 311 g/mol. The van der Waals surface area contributed by atoms with Crippen LogP contribution in [0.3, 0.4) is 0 Å². The van der Waals surface area contributed by atoms with Crippen molar-refractivity contribution < 1.29 is 14.3 Å². The Bertz CT molecular complexity index is 695. The molecule has 23 heavy (non-hydrogen) atoms. The van der Waals surface area contributed by atoms with E-state index in [1.54, 1.807) is 30.3 Å². The van der Waals surface area contributed by atoms with Crippen molar-refractivity contribution in [3.63, 3.8) is 0 Å². The molecule has 120 valence electrons. The maximum Gasteiger partial charge on any atom is 0.338 e. The second-order valence-corrected chi connectivity index (χ2v) is 5.39. The first kappa shape index (κ1) is 16.7. The Morgan fingerprint density at radius 2 is 1.78 bits per heavy atom. The number of hydrogen-bond acceptors (Lipinski definition) is 3. The molecule has 0 aliphatic carbocycles. The number of ether oxygens (including phenoxy) is 1. The summed E-state index contributed by atoms with van der Waals surface area (Å²) in [5.41, 5.74) is 2.61. The predicted octanol–water partition coefficient (Wildman–Crippen LogP) is 4.20. The summed E-state index contributed by atoms with van der Waals surface area (Å²) in [4.78, 5) is 24.2. The molecule has 1 amide bonds. The lowest BCUT2D eigenvalue weighted by atomic mass is 10.1. The number of nitrogens with one attached hydrogen (secondary N) is 1. The van der Waals surface area contributed by atoms with Crippen LogP contribution in [0.25, 0.3) is 0 Å². The quantitative estimate of drug-likeness (QED) is 0.642. The fraction of sp³-hybridized carbons (Fsp3) is 0.263. The van der Waals surface area contributed by atoms with Crippen molar-refractivity contribution in [3.8, 4) is 0 Å². The van der Waals surface area contributed by atoms with Gasteiger partial charge in [-0.3, -0.25) is 4.79 Å². The predicted molar refractivity (Wildman–Crippen MR) is 90.8 cm³/mol. The molecule has 0 bridgehead atoms. The highest BCUT2D eigenvalue weighted by molar-refractivity contribution is 6.05. The Hall–Kier alpha value is -2.62. The van der Waals surface area contributed by atoms with Gasteiger partial charge in [-0.15, -0.1) is 0 Å². The zero-order valence-corrected chi connectivity index (χ0v) is 13.5. The zero-order chi connectivity index (χ0) is 16.7. The molecule has 0 atom stereocenters. The van der Waals surface area contributed by atoms with Gasteiger partial charge in [0.1, 0.15) is 0 Å². The molecule has 2 aromatic carbocycles. The Labute approximate surface area is 136 Å².